The SMILES string of the molecule is C=C/C=C(I)\C=C1/CC(CC)=C(/C=C/I)C1(C)C. The summed E-state index contributed by atoms with van der Waals surface area (Å²) in [6.45, 7) is 10.7. The lowest BCUT2D eigenvalue weighted by molar-refractivity contribution is 0.567. The molecule has 0 radical (unpaired) electrons. The zero-order chi connectivity index (χ0) is 13.8. The topological polar surface area (TPSA) is 0 Å². The van der Waals surface area contributed by atoms with Gasteiger partial charge >= 0.3 is 0 Å². The summed E-state index contributed by atoms with van der Waals surface area (Å²) in [5.41, 5.74) is 4.72. The quantitative estimate of drug-likeness (QED) is 0.328. The molecule has 0 nitrogen and oxygen atoms in total. The van der Waals surface area contributed by atoms with Gasteiger partial charge in [0.2, 0.25) is 0 Å². The predicted octanol–water partition coefficient (Wildman–Crippen LogP) is 6.50. The van der Waals surface area contributed by atoms with Crippen molar-refractivity contribution < 1.29 is 0 Å². The molecule has 0 fully saturated rings. The minimum absolute atomic E-state index is 0.151. The Balaban J connectivity index is 3.18. The van der Waals surface area contributed by atoms with Gasteiger partial charge in [-0.15, -0.1) is 0 Å². The summed E-state index contributed by atoms with van der Waals surface area (Å²) >= 11 is 4.68. The van der Waals surface area contributed by atoms with Crippen LogP contribution in [-0.2, 0) is 0 Å². The summed E-state index contributed by atoms with van der Waals surface area (Å²) in [5.74, 6) is 0. The van der Waals surface area contributed by atoms with Crippen molar-refractivity contribution in [1.29, 1.82) is 0 Å². The normalized spacial score (nSPS) is 22.3. The highest BCUT2D eigenvalue weighted by Gasteiger charge is 2.34. The molecule has 1 rings (SSSR count). The fraction of sp³-hybridized carbons (Fsp3) is 0.375. The molecule has 2 heteroatoms. The van der Waals surface area contributed by atoms with E-state index in [4.69, 9.17) is 0 Å². The Kier molecular flexibility index (Phi) is 6.38. The molecule has 0 aromatic carbocycles. The zero-order valence-electron chi connectivity index (χ0n) is 11.3. The van der Waals surface area contributed by atoms with Gasteiger partial charge in [-0.25, -0.2) is 0 Å². The molecule has 0 saturated heterocycles. The Morgan fingerprint density at radius 3 is 2.61 bits per heavy atom. The molecule has 1 aliphatic rings. The maximum absolute atomic E-state index is 3.75. The summed E-state index contributed by atoms with van der Waals surface area (Å²) < 4.78 is 3.37. The molecular formula is C16H20I2. The van der Waals surface area contributed by atoms with Crippen LogP contribution in [0.2, 0.25) is 0 Å². The van der Waals surface area contributed by atoms with Gasteiger partial charge in [-0.05, 0) is 57.2 Å². The van der Waals surface area contributed by atoms with Gasteiger partial charge in [-0.2, -0.15) is 0 Å². The van der Waals surface area contributed by atoms with Crippen LogP contribution in [0.15, 0.2) is 55.3 Å². The predicted molar refractivity (Wildman–Crippen MR) is 99.3 cm³/mol. The van der Waals surface area contributed by atoms with E-state index in [0.717, 1.165) is 12.8 Å². The van der Waals surface area contributed by atoms with Crippen LogP contribution in [0, 0.1) is 5.41 Å². The third-order valence-corrected chi connectivity index (χ3v) is 4.54. The number of halogens is 2. The van der Waals surface area contributed by atoms with Gasteiger partial charge in [0.1, 0.15) is 0 Å². The van der Waals surface area contributed by atoms with Crippen LogP contribution in [0.3, 0.4) is 0 Å². The second-order valence-corrected chi connectivity index (χ2v) is 6.89. The van der Waals surface area contributed by atoms with E-state index in [1.807, 2.05) is 6.08 Å². The fourth-order valence-corrected chi connectivity index (χ4v) is 3.41. The Bertz CT molecular complexity index is 446. The van der Waals surface area contributed by atoms with Crippen LogP contribution in [0.1, 0.15) is 33.6 Å². The lowest BCUT2D eigenvalue weighted by Gasteiger charge is -2.23. The Hall–Kier alpha value is 0.160. The van der Waals surface area contributed by atoms with E-state index in [1.165, 1.54) is 14.7 Å². The summed E-state index contributed by atoms with van der Waals surface area (Å²) in [4.78, 5) is 0. The average Bonchev–Trinajstić information content (AvgIpc) is 2.53. The number of allylic oxidation sites excluding steroid dienone is 8. The number of hydrogen-bond donors (Lipinski definition) is 0. The Labute approximate surface area is 138 Å². The lowest BCUT2D eigenvalue weighted by atomic mass is 9.81. The molecule has 0 bridgehead atoms. The highest BCUT2D eigenvalue weighted by Crippen LogP contribution is 2.49. The van der Waals surface area contributed by atoms with Crippen molar-refractivity contribution in [3.63, 3.8) is 0 Å². The third-order valence-electron chi connectivity index (χ3n) is 3.51. The molecule has 0 amide bonds. The van der Waals surface area contributed by atoms with Gasteiger partial charge in [0, 0.05) is 8.99 Å². The van der Waals surface area contributed by atoms with Crippen molar-refractivity contribution in [2.45, 2.75) is 33.6 Å². The maximum atomic E-state index is 3.75. The smallest absolute Gasteiger partial charge is 0.0130 e. The van der Waals surface area contributed by atoms with Gasteiger partial charge in [0.25, 0.3) is 0 Å². The Morgan fingerprint density at radius 2 is 2.11 bits per heavy atom. The van der Waals surface area contributed by atoms with Crippen LogP contribution in [0.25, 0.3) is 0 Å². The van der Waals surface area contributed by atoms with Crippen LogP contribution in [0.5, 0.6) is 0 Å². The standard InChI is InChI=1S/C16H20I2/c1-5-7-14(18)11-13-10-12(6-2)15(8-9-17)16(13,3)4/h5,7-9,11H,1,6,10H2,2-4H3/b9-8+,13-11+,14-7+. The van der Waals surface area contributed by atoms with E-state index >= 15 is 0 Å². The fourth-order valence-electron chi connectivity index (χ4n) is 2.42. The second kappa shape index (κ2) is 7.08. The zero-order valence-corrected chi connectivity index (χ0v) is 15.6. The van der Waals surface area contributed by atoms with Crippen molar-refractivity contribution in [3.8, 4) is 0 Å². The van der Waals surface area contributed by atoms with Gasteiger partial charge in [0.15, 0.2) is 0 Å². The van der Waals surface area contributed by atoms with Gasteiger partial charge in [0.05, 0.1) is 0 Å². The minimum atomic E-state index is 0.151. The molecule has 0 spiro atoms. The molecule has 98 valence electrons. The molecule has 0 aromatic heterocycles. The summed E-state index contributed by atoms with van der Waals surface area (Å²) in [6, 6.07) is 0. The van der Waals surface area contributed by atoms with Crippen LogP contribution < -0.4 is 0 Å². The molecular weight excluding hydrogens is 446 g/mol. The van der Waals surface area contributed by atoms with Crippen molar-refractivity contribution in [1.82, 2.24) is 0 Å². The summed E-state index contributed by atoms with van der Waals surface area (Å²) in [6.07, 6.45) is 10.7. The molecule has 0 aliphatic heterocycles. The van der Waals surface area contributed by atoms with E-state index in [-0.39, 0.29) is 5.41 Å². The molecule has 0 heterocycles. The number of hydrogen-bond acceptors (Lipinski definition) is 0. The largest absolute Gasteiger partial charge is 0.0990 e. The first-order chi connectivity index (χ1) is 8.47. The summed E-state index contributed by atoms with van der Waals surface area (Å²) in [7, 11) is 0. The molecule has 0 N–H and O–H groups in total. The number of rotatable bonds is 4. The van der Waals surface area contributed by atoms with Crippen molar-refractivity contribution in [2.75, 3.05) is 0 Å². The van der Waals surface area contributed by atoms with Crippen LogP contribution in [0.4, 0.5) is 0 Å². The van der Waals surface area contributed by atoms with E-state index < -0.39 is 0 Å². The van der Waals surface area contributed by atoms with Crippen LogP contribution in [-0.4, -0.2) is 0 Å². The van der Waals surface area contributed by atoms with Gasteiger partial charge < -0.3 is 0 Å². The third kappa shape index (κ3) is 3.59. The summed E-state index contributed by atoms with van der Waals surface area (Å²) in [5, 5.41) is 0. The first-order valence-electron chi connectivity index (χ1n) is 6.15. The monoisotopic (exact) mass is 466 g/mol. The highest BCUT2D eigenvalue weighted by atomic mass is 127. The van der Waals surface area contributed by atoms with Crippen molar-refractivity contribution in [2.24, 2.45) is 5.41 Å². The van der Waals surface area contributed by atoms with Gasteiger partial charge in [-0.3, -0.25) is 0 Å². The molecule has 0 saturated carbocycles. The van der Waals surface area contributed by atoms with Crippen molar-refractivity contribution >= 4 is 45.2 Å². The van der Waals surface area contributed by atoms with E-state index in [1.54, 1.807) is 5.57 Å². The molecule has 0 unspecified atom stereocenters. The molecule has 0 atom stereocenters. The van der Waals surface area contributed by atoms with Crippen molar-refractivity contribution in [3.05, 3.63) is 55.3 Å². The maximum Gasteiger partial charge on any atom is 0.0130 e. The Morgan fingerprint density at radius 1 is 1.44 bits per heavy atom. The first kappa shape index (κ1) is 16.2. The molecule has 0 aromatic rings. The second-order valence-electron chi connectivity index (χ2n) is 4.92. The molecule has 1 aliphatic carbocycles. The van der Waals surface area contributed by atoms with E-state index in [2.05, 4.69) is 94.8 Å². The lowest BCUT2D eigenvalue weighted by Crippen LogP contribution is -2.11. The highest BCUT2D eigenvalue weighted by molar-refractivity contribution is 14.1. The first-order valence-corrected chi connectivity index (χ1v) is 8.48. The van der Waals surface area contributed by atoms with E-state index in [0.29, 0.717) is 0 Å². The minimum Gasteiger partial charge on any atom is -0.0990 e. The van der Waals surface area contributed by atoms with E-state index in [9.17, 15) is 0 Å². The average molecular weight is 466 g/mol. The van der Waals surface area contributed by atoms with Gasteiger partial charge in [-0.1, -0.05) is 73.2 Å². The van der Waals surface area contributed by atoms with Crippen LogP contribution >= 0.6 is 45.2 Å². The molecule has 18 heavy (non-hydrogen) atoms.